The van der Waals surface area contributed by atoms with E-state index in [9.17, 15) is 8.42 Å². The third kappa shape index (κ3) is 5.50. The van der Waals surface area contributed by atoms with Gasteiger partial charge in [-0.3, -0.25) is 4.31 Å². The molecule has 0 aromatic heterocycles. The molecule has 0 amide bonds. The van der Waals surface area contributed by atoms with Gasteiger partial charge in [-0.15, -0.1) is 0 Å². The third-order valence-electron chi connectivity index (χ3n) is 5.62. The van der Waals surface area contributed by atoms with E-state index in [2.05, 4.69) is 18.7 Å². The highest BCUT2D eigenvalue weighted by Crippen LogP contribution is 2.37. The van der Waals surface area contributed by atoms with Gasteiger partial charge in [-0.1, -0.05) is 62.4 Å². The largest absolute Gasteiger partial charge is 0.497 e. The summed E-state index contributed by atoms with van der Waals surface area (Å²) in [5.74, 6) is 0.688. The van der Waals surface area contributed by atoms with Crippen molar-refractivity contribution >= 4 is 15.7 Å². The van der Waals surface area contributed by atoms with Crippen LogP contribution < -0.4 is 9.04 Å². The summed E-state index contributed by atoms with van der Waals surface area (Å²) in [5.41, 5.74) is 2.42. The maximum atomic E-state index is 13.8. The van der Waals surface area contributed by atoms with Crippen LogP contribution in [0.5, 0.6) is 5.75 Å². The van der Waals surface area contributed by atoms with Crippen LogP contribution in [0.3, 0.4) is 0 Å². The molecule has 6 heteroatoms. The fourth-order valence-electron chi connectivity index (χ4n) is 3.78. The lowest BCUT2D eigenvalue weighted by molar-refractivity contribution is 0.302. The van der Waals surface area contributed by atoms with Crippen molar-refractivity contribution in [3.63, 3.8) is 0 Å². The summed E-state index contributed by atoms with van der Waals surface area (Å²) in [4.78, 5) is 2.59. The highest BCUT2D eigenvalue weighted by Gasteiger charge is 2.27. The molecular weight excluding hydrogens is 420 g/mol. The van der Waals surface area contributed by atoms with Gasteiger partial charge in [-0.05, 0) is 62.0 Å². The summed E-state index contributed by atoms with van der Waals surface area (Å²) < 4.78 is 34.5. The first kappa shape index (κ1) is 23.8. The standard InChI is InChI=1S/C26H32N2O3S/c1-4-27(5-2)19-12-20-28(32(29,30)24-15-10-7-11-16-24)26-18-17-23(31-3)21-25(26)22-13-8-6-9-14-22/h6-11,13-18,21H,4-5,12,19-20H2,1-3H3. The van der Waals surface area contributed by atoms with Crippen LogP contribution >= 0.6 is 0 Å². The summed E-state index contributed by atoms with van der Waals surface area (Å²) in [6.07, 6.45) is 0.730. The van der Waals surface area contributed by atoms with Crippen molar-refractivity contribution in [2.75, 3.05) is 37.6 Å². The fourth-order valence-corrected chi connectivity index (χ4v) is 5.32. The van der Waals surface area contributed by atoms with Crippen molar-refractivity contribution in [2.24, 2.45) is 0 Å². The van der Waals surface area contributed by atoms with Crippen molar-refractivity contribution in [1.29, 1.82) is 0 Å². The smallest absolute Gasteiger partial charge is 0.264 e. The molecule has 0 aliphatic carbocycles. The molecule has 0 fully saturated rings. The first-order valence-corrected chi connectivity index (χ1v) is 12.5. The van der Waals surface area contributed by atoms with E-state index in [1.165, 1.54) is 0 Å². The summed E-state index contributed by atoms with van der Waals surface area (Å²) in [6.45, 7) is 7.36. The monoisotopic (exact) mass is 452 g/mol. The minimum absolute atomic E-state index is 0.290. The number of anilines is 1. The van der Waals surface area contributed by atoms with Crippen LogP contribution in [0, 0.1) is 0 Å². The average molecular weight is 453 g/mol. The van der Waals surface area contributed by atoms with Gasteiger partial charge in [0, 0.05) is 12.1 Å². The van der Waals surface area contributed by atoms with E-state index in [1.807, 2.05) is 54.6 Å². The highest BCUT2D eigenvalue weighted by atomic mass is 32.2. The number of hydrogen-bond acceptors (Lipinski definition) is 4. The molecule has 0 unspecified atom stereocenters. The second-order valence-electron chi connectivity index (χ2n) is 7.52. The molecule has 0 atom stereocenters. The Morgan fingerprint density at radius 1 is 0.812 bits per heavy atom. The van der Waals surface area contributed by atoms with Crippen LogP contribution in [0.1, 0.15) is 20.3 Å². The average Bonchev–Trinajstić information content (AvgIpc) is 2.85. The molecule has 3 rings (SSSR count). The van der Waals surface area contributed by atoms with Gasteiger partial charge >= 0.3 is 0 Å². The van der Waals surface area contributed by atoms with Gasteiger partial charge in [0.1, 0.15) is 5.75 Å². The topological polar surface area (TPSA) is 49.9 Å². The molecule has 0 saturated heterocycles. The molecule has 0 heterocycles. The van der Waals surface area contributed by atoms with Crippen molar-refractivity contribution in [3.05, 3.63) is 78.9 Å². The second-order valence-corrected chi connectivity index (χ2v) is 9.38. The number of nitrogens with zero attached hydrogens (tertiary/aromatic N) is 2. The van der Waals surface area contributed by atoms with Crippen LogP contribution in [0.2, 0.25) is 0 Å². The third-order valence-corrected chi connectivity index (χ3v) is 7.45. The predicted octanol–water partition coefficient (Wildman–Crippen LogP) is 5.29. The molecular formula is C26H32N2O3S. The Labute approximate surface area is 192 Å². The molecule has 3 aromatic rings. The molecule has 0 aliphatic heterocycles. The fraction of sp³-hybridized carbons (Fsp3) is 0.308. The molecule has 170 valence electrons. The zero-order valence-electron chi connectivity index (χ0n) is 19.1. The van der Waals surface area contributed by atoms with Crippen LogP contribution in [-0.4, -0.2) is 46.6 Å². The lowest BCUT2D eigenvalue weighted by atomic mass is 10.0. The molecule has 0 aliphatic rings. The Hall–Kier alpha value is -2.83. The second kappa shape index (κ2) is 11.2. The van der Waals surface area contributed by atoms with Gasteiger partial charge < -0.3 is 9.64 Å². The van der Waals surface area contributed by atoms with Crippen molar-refractivity contribution in [1.82, 2.24) is 4.90 Å². The van der Waals surface area contributed by atoms with Gasteiger partial charge in [0.25, 0.3) is 10.0 Å². The van der Waals surface area contributed by atoms with E-state index in [0.29, 0.717) is 18.0 Å². The first-order valence-electron chi connectivity index (χ1n) is 11.0. The lowest BCUT2D eigenvalue weighted by Gasteiger charge is -2.28. The Bertz CT molecular complexity index is 1080. The zero-order valence-corrected chi connectivity index (χ0v) is 19.9. The van der Waals surface area contributed by atoms with E-state index in [1.54, 1.807) is 35.7 Å². The minimum Gasteiger partial charge on any atom is -0.497 e. The number of hydrogen-bond donors (Lipinski definition) is 0. The van der Waals surface area contributed by atoms with E-state index in [4.69, 9.17) is 4.74 Å². The number of rotatable bonds is 11. The first-order chi connectivity index (χ1) is 15.5. The summed E-state index contributed by atoms with van der Waals surface area (Å²) in [5, 5.41) is 0. The maximum Gasteiger partial charge on any atom is 0.264 e. The lowest BCUT2D eigenvalue weighted by Crippen LogP contribution is -2.35. The van der Waals surface area contributed by atoms with Crippen molar-refractivity contribution < 1.29 is 13.2 Å². The Kier molecular flexibility index (Phi) is 8.31. The van der Waals surface area contributed by atoms with Gasteiger partial charge in [-0.2, -0.15) is 0 Å². The van der Waals surface area contributed by atoms with Gasteiger partial charge in [0.05, 0.1) is 17.7 Å². The van der Waals surface area contributed by atoms with Gasteiger partial charge in [0.2, 0.25) is 0 Å². The van der Waals surface area contributed by atoms with E-state index in [0.717, 1.165) is 37.2 Å². The van der Waals surface area contributed by atoms with Gasteiger partial charge in [0.15, 0.2) is 0 Å². The molecule has 0 spiro atoms. The number of sulfonamides is 1. The molecule has 5 nitrogen and oxygen atoms in total. The highest BCUT2D eigenvalue weighted by molar-refractivity contribution is 7.92. The van der Waals surface area contributed by atoms with Crippen LogP contribution in [-0.2, 0) is 10.0 Å². The van der Waals surface area contributed by atoms with E-state index < -0.39 is 10.0 Å². The molecule has 0 radical (unpaired) electrons. The van der Waals surface area contributed by atoms with Crippen LogP contribution in [0.4, 0.5) is 5.69 Å². The number of methoxy groups -OCH3 is 1. The van der Waals surface area contributed by atoms with Crippen molar-refractivity contribution in [2.45, 2.75) is 25.2 Å². The summed E-state index contributed by atoms with van der Waals surface area (Å²) >= 11 is 0. The van der Waals surface area contributed by atoms with Crippen LogP contribution in [0.25, 0.3) is 11.1 Å². The minimum atomic E-state index is -3.74. The van der Waals surface area contributed by atoms with Crippen LogP contribution in [0.15, 0.2) is 83.8 Å². The molecule has 0 bridgehead atoms. The Morgan fingerprint density at radius 3 is 2.03 bits per heavy atom. The predicted molar refractivity (Wildman–Crippen MR) is 132 cm³/mol. The number of ether oxygens (including phenoxy) is 1. The van der Waals surface area contributed by atoms with Gasteiger partial charge in [-0.25, -0.2) is 8.42 Å². The SMILES string of the molecule is CCN(CC)CCCN(c1ccc(OC)cc1-c1ccccc1)S(=O)(=O)c1ccccc1. The summed E-state index contributed by atoms with van der Waals surface area (Å²) in [6, 6.07) is 24.0. The molecule has 3 aromatic carbocycles. The molecule has 0 N–H and O–H groups in total. The number of benzene rings is 3. The van der Waals surface area contributed by atoms with Crippen molar-refractivity contribution in [3.8, 4) is 16.9 Å². The van der Waals surface area contributed by atoms with E-state index >= 15 is 0 Å². The summed E-state index contributed by atoms with van der Waals surface area (Å²) in [7, 11) is -2.12. The molecule has 0 saturated carbocycles. The normalized spacial score (nSPS) is 11.5. The molecule has 32 heavy (non-hydrogen) atoms. The van der Waals surface area contributed by atoms with E-state index in [-0.39, 0.29) is 4.90 Å². The Balaban J connectivity index is 2.09. The Morgan fingerprint density at radius 2 is 1.44 bits per heavy atom. The zero-order chi connectivity index (χ0) is 23.0. The quantitative estimate of drug-likeness (QED) is 0.397. The maximum absolute atomic E-state index is 13.8.